The molecule has 11 atom stereocenters. The number of hydrogen-bond donors (Lipinski definition) is 1. The molecule has 0 aromatic rings. The van der Waals surface area contributed by atoms with E-state index in [0.29, 0.717) is 34.0 Å². The van der Waals surface area contributed by atoms with Gasteiger partial charge in [-0.3, -0.25) is 4.79 Å². The molecule has 1 N–H and O–H groups in total. The van der Waals surface area contributed by atoms with Crippen LogP contribution in [-0.2, 0) is 9.53 Å². The van der Waals surface area contributed by atoms with Crippen LogP contribution in [-0.4, -0.2) is 23.3 Å². The molecular formula is C32H54O3. The van der Waals surface area contributed by atoms with Gasteiger partial charge in [-0.05, 0) is 114 Å². The zero-order valence-corrected chi connectivity index (χ0v) is 24.3. The Morgan fingerprint density at radius 2 is 1.40 bits per heavy atom. The molecule has 5 aliphatic carbocycles. The van der Waals surface area contributed by atoms with E-state index in [2.05, 4.69) is 55.4 Å². The zero-order chi connectivity index (χ0) is 25.8. The smallest absolute Gasteiger partial charge is 0.302 e. The van der Waals surface area contributed by atoms with E-state index in [1.54, 1.807) is 0 Å². The second-order valence-electron chi connectivity index (χ2n) is 16.2. The van der Waals surface area contributed by atoms with E-state index < -0.39 is 0 Å². The van der Waals surface area contributed by atoms with Crippen LogP contribution in [0.2, 0.25) is 0 Å². The standard InChI is InChI=1S/C32H54O3/c1-20-23(35-21(2)33)18-22(34)26-29(20,6)11-10-24-30(26,7)15-17-32(9)25-19-27(3,4)12-13-28(25,5)14-16-31(24,32)8/h20,22-26,34H,10-19H2,1-9H3/t20-,22+,23-,24-,25+,26+,28+,29+,30+,31+,32-/m0/s1. The average molecular weight is 487 g/mol. The van der Waals surface area contributed by atoms with E-state index in [9.17, 15) is 9.90 Å². The normalized spacial score (nSPS) is 57.2. The number of aliphatic hydroxyl groups is 1. The van der Waals surface area contributed by atoms with E-state index in [1.807, 2.05) is 0 Å². The number of aliphatic hydroxyl groups excluding tert-OH is 1. The SMILES string of the molecule is CC(=O)O[C@H]1C[C@@H](O)[C@@H]2[C@](C)(CC[C@H]3[C@@]2(C)CC[C@@]2(C)[C@@H]4CC(C)(C)CC[C@]4(C)CC[C@]32C)[C@H]1C. The lowest BCUT2D eigenvalue weighted by molar-refractivity contribution is -0.279. The van der Waals surface area contributed by atoms with Crippen molar-refractivity contribution in [2.24, 2.45) is 56.2 Å². The van der Waals surface area contributed by atoms with Gasteiger partial charge >= 0.3 is 5.97 Å². The Hall–Kier alpha value is -0.570. The number of ether oxygens (including phenoxy) is 1. The Morgan fingerprint density at radius 1 is 0.800 bits per heavy atom. The summed E-state index contributed by atoms with van der Waals surface area (Å²) < 4.78 is 5.77. The first-order valence-electron chi connectivity index (χ1n) is 14.9. The van der Waals surface area contributed by atoms with Gasteiger partial charge < -0.3 is 9.84 Å². The van der Waals surface area contributed by atoms with Gasteiger partial charge in [0.05, 0.1) is 6.10 Å². The van der Waals surface area contributed by atoms with Crippen molar-refractivity contribution in [1.82, 2.24) is 0 Å². The van der Waals surface area contributed by atoms with Gasteiger partial charge in [0.1, 0.15) is 6.10 Å². The van der Waals surface area contributed by atoms with E-state index in [-0.39, 0.29) is 40.8 Å². The van der Waals surface area contributed by atoms with Crippen LogP contribution in [0.1, 0.15) is 127 Å². The lowest BCUT2D eigenvalue weighted by Crippen LogP contribution is -2.69. The molecule has 0 spiro atoms. The molecule has 200 valence electrons. The third-order valence-corrected chi connectivity index (χ3v) is 14.2. The van der Waals surface area contributed by atoms with Crippen molar-refractivity contribution >= 4 is 5.97 Å². The van der Waals surface area contributed by atoms with Gasteiger partial charge in [-0.25, -0.2) is 0 Å². The maximum absolute atomic E-state index is 11.8. The van der Waals surface area contributed by atoms with Crippen LogP contribution in [0, 0.1) is 56.2 Å². The summed E-state index contributed by atoms with van der Waals surface area (Å²) in [6.07, 6.45) is 11.9. The van der Waals surface area contributed by atoms with Crippen molar-refractivity contribution in [2.75, 3.05) is 0 Å². The zero-order valence-electron chi connectivity index (χ0n) is 24.3. The fraction of sp³-hybridized carbons (Fsp3) is 0.969. The summed E-state index contributed by atoms with van der Waals surface area (Å²) in [7, 11) is 0. The summed E-state index contributed by atoms with van der Waals surface area (Å²) in [6, 6.07) is 0. The quantitative estimate of drug-likeness (QED) is 0.385. The van der Waals surface area contributed by atoms with Gasteiger partial charge in [0.25, 0.3) is 0 Å². The van der Waals surface area contributed by atoms with Crippen LogP contribution >= 0.6 is 0 Å². The van der Waals surface area contributed by atoms with Gasteiger partial charge in [-0.15, -0.1) is 0 Å². The van der Waals surface area contributed by atoms with Crippen molar-refractivity contribution in [3.63, 3.8) is 0 Å². The van der Waals surface area contributed by atoms with Crippen molar-refractivity contribution in [1.29, 1.82) is 0 Å². The molecule has 5 aliphatic rings. The minimum Gasteiger partial charge on any atom is -0.462 e. The molecule has 5 fully saturated rings. The van der Waals surface area contributed by atoms with Crippen LogP contribution in [0.4, 0.5) is 0 Å². The van der Waals surface area contributed by atoms with Gasteiger partial charge in [0.2, 0.25) is 0 Å². The predicted octanol–water partition coefficient (Wildman–Crippen LogP) is 7.79. The van der Waals surface area contributed by atoms with Crippen LogP contribution in [0.25, 0.3) is 0 Å². The van der Waals surface area contributed by atoms with Crippen molar-refractivity contribution < 1.29 is 14.6 Å². The molecular weight excluding hydrogens is 432 g/mol. The van der Waals surface area contributed by atoms with Crippen LogP contribution in [0.3, 0.4) is 0 Å². The third-order valence-electron chi connectivity index (χ3n) is 14.2. The van der Waals surface area contributed by atoms with E-state index in [0.717, 1.165) is 12.3 Å². The minimum absolute atomic E-state index is 0.0170. The molecule has 3 nitrogen and oxygen atoms in total. The lowest BCUT2D eigenvalue weighted by atomic mass is 9.30. The van der Waals surface area contributed by atoms with E-state index in [4.69, 9.17) is 4.74 Å². The van der Waals surface area contributed by atoms with Gasteiger partial charge in [0, 0.05) is 13.3 Å². The Balaban J connectivity index is 1.52. The first-order chi connectivity index (χ1) is 16.0. The molecule has 0 unspecified atom stereocenters. The molecule has 0 heterocycles. The molecule has 0 aromatic carbocycles. The molecule has 0 aromatic heterocycles. The highest BCUT2D eigenvalue weighted by Gasteiger charge is 2.72. The summed E-state index contributed by atoms with van der Waals surface area (Å²) in [6.45, 7) is 21.8. The molecule has 0 amide bonds. The summed E-state index contributed by atoms with van der Waals surface area (Å²) >= 11 is 0. The first kappa shape index (κ1) is 26.1. The minimum atomic E-state index is -0.385. The Kier molecular flexibility index (Phi) is 5.76. The Labute approximate surface area is 215 Å². The second-order valence-corrected chi connectivity index (χ2v) is 16.2. The summed E-state index contributed by atoms with van der Waals surface area (Å²) in [5.41, 5.74) is 1.82. The summed E-state index contributed by atoms with van der Waals surface area (Å²) in [4.78, 5) is 11.8. The molecule has 35 heavy (non-hydrogen) atoms. The Morgan fingerprint density at radius 3 is 2.06 bits per heavy atom. The number of esters is 1. The first-order valence-corrected chi connectivity index (χ1v) is 14.9. The monoisotopic (exact) mass is 486 g/mol. The van der Waals surface area contributed by atoms with Gasteiger partial charge in [-0.1, -0.05) is 55.4 Å². The molecule has 5 saturated carbocycles. The van der Waals surface area contributed by atoms with Crippen LogP contribution in [0.5, 0.6) is 0 Å². The van der Waals surface area contributed by atoms with E-state index >= 15 is 0 Å². The number of fused-ring (bicyclic) bond motifs is 7. The molecule has 0 aliphatic heterocycles. The largest absolute Gasteiger partial charge is 0.462 e. The molecule has 0 bridgehead atoms. The number of carbonyl (C=O) groups excluding carboxylic acids is 1. The molecule has 5 rings (SSSR count). The fourth-order valence-electron chi connectivity index (χ4n) is 11.8. The number of hydrogen-bond acceptors (Lipinski definition) is 3. The molecule has 3 heteroatoms. The van der Waals surface area contributed by atoms with Crippen molar-refractivity contribution in [3.05, 3.63) is 0 Å². The van der Waals surface area contributed by atoms with E-state index in [1.165, 1.54) is 58.3 Å². The second kappa shape index (κ2) is 7.73. The lowest BCUT2D eigenvalue weighted by Gasteiger charge is -2.75. The van der Waals surface area contributed by atoms with Gasteiger partial charge in [-0.2, -0.15) is 0 Å². The third kappa shape index (κ3) is 3.41. The van der Waals surface area contributed by atoms with Crippen molar-refractivity contribution in [2.45, 2.75) is 139 Å². The average Bonchev–Trinajstić information content (AvgIpc) is 2.74. The summed E-state index contributed by atoms with van der Waals surface area (Å²) in [5, 5.41) is 11.7. The van der Waals surface area contributed by atoms with Gasteiger partial charge in [0.15, 0.2) is 0 Å². The highest BCUT2D eigenvalue weighted by atomic mass is 16.5. The predicted molar refractivity (Wildman–Crippen MR) is 142 cm³/mol. The highest BCUT2D eigenvalue weighted by molar-refractivity contribution is 5.66. The number of rotatable bonds is 1. The van der Waals surface area contributed by atoms with Crippen molar-refractivity contribution in [3.8, 4) is 0 Å². The Bertz CT molecular complexity index is 880. The molecule has 0 radical (unpaired) electrons. The topological polar surface area (TPSA) is 46.5 Å². The summed E-state index contributed by atoms with van der Waals surface area (Å²) in [5.74, 6) is 1.82. The molecule has 0 saturated heterocycles. The highest BCUT2D eigenvalue weighted by Crippen LogP contribution is 2.78. The van der Waals surface area contributed by atoms with Crippen LogP contribution in [0.15, 0.2) is 0 Å². The van der Waals surface area contributed by atoms with Crippen LogP contribution < -0.4 is 0 Å². The maximum atomic E-state index is 11.8. The number of carbonyl (C=O) groups is 1. The maximum Gasteiger partial charge on any atom is 0.302 e. The fourth-order valence-corrected chi connectivity index (χ4v) is 11.8.